The van der Waals surface area contributed by atoms with Gasteiger partial charge in [0, 0.05) is 24.8 Å². The van der Waals surface area contributed by atoms with Gasteiger partial charge < -0.3 is 20.3 Å². The molecule has 0 saturated heterocycles. The van der Waals surface area contributed by atoms with Gasteiger partial charge in [0.05, 0.1) is 19.3 Å². The third-order valence-corrected chi connectivity index (χ3v) is 3.14. The van der Waals surface area contributed by atoms with Gasteiger partial charge in [0.1, 0.15) is 5.82 Å². The smallest absolute Gasteiger partial charge is 0.128 e. The fourth-order valence-electron chi connectivity index (χ4n) is 1.89. The van der Waals surface area contributed by atoms with Gasteiger partial charge in [-0.2, -0.15) is 0 Å². The summed E-state index contributed by atoms with van der Waals surface area (Å²) in [6.07, 6.45) is 0.914. The Morgan fingerprint density at radius 1 is 1.35 bits per heavy atom. The Morgan fingerprint density at radius 3 is 2.75 bits per heavy atom. The molecule has 1 aromatic carbocycles. The fourth-order valence-corrected chi connectivity index (χ4v) is 1.89. The van der Waals surface area contributed by atoms with Crippen molar-refractivity contribution < 1.29 is 19.3 Å². The van der Waals surface area contributed by atoms with Crippen LogP contribution in [0, 0.1) is 5.82 Å². The summed E-state index contributed by atoms with van der Waals surface area (Å²) in [4.78, 5) is 0. The van der Waals surface area contributed by atoms with Gasteiger partial charge in [-0.3, -0.25) is 0 Å². The number of benzene rings is 1. The maximum absolute atomic E-state index is 13.3. The molecule has 0 aromatic heterocycles. The molecule has 0 fully saturated rings. The van der Waals surface area contributed by atoms with Crippen LogP contribution in [0.25, 0.3) is 0 Å². The van der Waals surface area contributed by atoms with Crippen LogP contribution >= 0.6 is 0 Å². The second kappa shape index (κ2) is 9.83. The third kappa shape index (κ3) is 6.43. The SMILES string of the molecule is CCC(CCO)NCC(O)COCc1ccccc1F. The average molecular weight is 285 g/mol. The van der Waals surface area contributed by atoms with Crippen LogP contribution in [0.15, 0.2) is 24.3 Å². The molecular weight excluding hydrogens is 261 g/mol. The Bertz CT molecular complexity index is 376. The normalized spacial score (nSPS) is 14.2. The fraction of sp³-hybridized carbons (Fsp3) is 0.600. The summed E-state index contributed by atoms with van der Waals surface area (Å²) in [5, 5.41) is 21.8. The Balaban J connectivity index is 2.20. The van der Waals surface area contributed by atoms with Crippen LogP contribution in [0.3, 0.4) is 0 Å². The first-order chi connectivity index (χ1) is 9.67. The van der Waals surface area contributed by atoms with Crippen molar-refractivity contribution in [3.8, 4) is 0 Å². The topological polar surface area (TPSA) is 61.7 Å². The van der Waals surface area contributed by atoms with Crippen LogP contribution in [0.2, 0.25) is 0 Å². The molecule has 0 amide bonds. The number of halogens is 1. The van der Waals surface area contributed by atoms with Gasteiger partial charge in [-0.05, 0) is 18.9 Å². The molecule has 2 atom stereocenters. The standard InChI is InChI=1S/C15H24FNO3/c1-2-13(7-8-18)17-9-14(19)11-20-10-12-5-3-4-6-15(12)16/h3-6,13-14,17-19H,2,7-11H2,1H3. The first kappa shape index (κ1) is 17.0. The molecule has 114 valence electrons. The minimum absolute atomic E-state index is 0.130. The molecule has 20 heavy (non-hydrogen) atoms. The van der Waals surface area contributed by atoms with E-state index in [1.165, 1.54) is 6.07 Å². The molecule has 0 aliphatic heterocycles. The number of hydrogen-bond acceptors (Lipinski definition) is 4. The number of aliphatic hydroxyl groups is 2. The third-order valence-electron chi connectivity index (χ3n) is 3.14. The lowest BCUT2D eigenvalue weighted by Crippen LogP contribution is -2.37. The van der Waals surface area contributed by atoms with E-state index in [1.807, 2.05) is 6.92 Å². The molecule has 0 aliphatic rings. The van der Waals surface area contributed by atoms with E-state index in [0.717, 1.165) is 6.42 Å². The van der Waals surface area contributed by atoms with E-state index in [9.17, 15) is 9.50 Å². The van der Waals surface area contributed by atoms with Gasteiger partial charge >= 0.3 is 0 Å². The van der Waals surface area contributed by atoms with Gasteiger partial charge in [0.15, 0.2) is 0 Å². The molecule has 0 saturated carbocycles. The summed E-state index contributed by atoms with van der Waals surface area (Å²) in [6, 6.07) is 6.62. The van der Waals surface area contributed by atoms with Gasteiger partial charge in [0.2, 0.25) is 0 Å². The quantitative estimate of drug-likeness (QED) is 0.609. The minimum atomic E-state index is -0.644. The summed E-state index contributed by atoms with van der Waals surface area (Å²) in [5.41, 5.74) is 0.486. The second-order valence-electron chi connectivity index (χ2n) is 4.79. The van der Waals surface area contributed by atoms with E-state index in [-0.39, 0.29) is 31.7 Å². The molecule has 1 aromatic rings. The lowest BCUT2D eigenvalue weighted by Gasteiger charge is -2.18. The highest BCUT2D eigenvalue weighted by molar-refractivity contribution is 5.16. The average Bonchev–Trinajstić information content (AvgIpc) is 2.45. The molecule has 5 heteroatoms. The largest absolute Gasteiger partial charge is 0.396 e. The van der Waals surface area contributed by atoms with E-state index in [2.05, 4.69) is 5.32 Å². The van der Waals surface area contributed by atoms with Crippen molar-refractivity contribution in [3.63, 3.8) is 0 Å². The van der Waals surface area contributed by atoms with Crippen molar-refractivity contribution >= 4 is 0 Å². The first-order valence-electron chi connectivity index (χ1n) is 7.00. The lowest BCUT2D eigenvalue weighted by atomic mass is 10.1. The van der Waals surface area contributed by atoms with Crippen molar-refractivity contribution in [2.45, 2.75) is 38.5 Å². The zero-order valence-corrected chi connectivity index (χ0v) is 11.9. The summed E-state index contributed by atoms with van der Waals surface area (Å²) < 4.78 is 18.6. The van der Waals surface area contributed by atoms with Gasteiger partial charge in [-0.15, -0.1) is 0 Å². The summed E-state index contributed by atoms with van der Waals surface area (Å²) >= 11 is 0. The van der Waals surface area contributed by atoms with Gasteiger partial charge in [-0.1, -0.05) is 25.1 Å². The molecular formula is C15H24FNO3. The van der Waals surface area contributed by atoms with Crippen LogP contribution in [-0.4, -0.2) is 42.1 Å². The number of ether oxygens (including phenoxy) is 1. The molecule has 3 N–H and O–H groups in total. The number of nitrogens with one attached hydrogen (secondary N) is 1. The number of hydrogen-bond donors (Lipinski definition) is 3. The summed E-state index contributed by atoms with van der Waals surface area (Å²) in [6.45, 7) is 2.85. The van der Waals surface area contributed by atoms with Crippen LogP contribution < -0.4 is 5.32 Å². The minimum Gasteiger partial charge on any atom is -0.396 e. The van der Waals surface area contributed by atoms with Crippen molar-refractivity contribution in [3.05, 3.63) is 35.6 Å². The maximum Gasteiger partial charge on any atom is 0.128 e. The number of aliphatic hydroxyl groups excluding tert-OH is 2. The van der Waals surface area contributed by atoms with E-state index in [0.29, 0.717) is 18.5 Å². The van der Waals surface area contributed by atoms with Crippen LogP contribution in [-0.2, 0) is 11.3 Å². The monoisotopic (exact) mass is 285 g/mol. The van der Waals surface area contributed by atoms with E-state index in [4.69, 9.17) is 9.84 Å². The van der Waals surface area contributed by atoms with Crippen molar-refractivity contribution in [2.24, 2.45) is 0 Å². The molecule has 4 nitrogen and oxygen atoms in total. The predicted octanol–water partition coefficient (Wildman–Crippen LogP) is 1.45. The Hall–Kier alpha value is -1.01. The van der Waals surface area contributed by atoms with Gasteiger partial charge in [0.25, 0.3) is 0 Å². The van der Waals surface area contributed by atoms with Crippen LogP contribution in [0.1, 0.15) is 25.3 Å². The zero-order chi connectivity index (χ0) is 14.8. The first-order valence-corrected chi connectivity index (χ1v) is 7.00. The van der Waals surface area contributed by atoms with Crippen molar-refractivity contribution in [1.82, 2.24) is 5.32 Å². The molecule has 2 unspecified atom stereocenters. The second-order valence-corrected chi connectivity index (χ2v) is 4.79. The highest BCUT2D eigenvalue weighted by Crippen LogP contribution is 2.07. The Kier molecular flexibility index (Phi) is 8.37. The van der Waals surface area contributed by atoms with Crippen LogP contribution in [0.5, 0.6) is 0 Å². The molecule has 0 radical (unpaired) electrons. The molecule has 0 aliphatic carbocycles. The Labute approximate surface area is 119 Å². The Morgan fingerprint density at radius 2 is 2.10 bits per heavy atom. The van der Waals surface area contributed by atoms with Crippen molar-refractivity contribution in [2.75, 3.05) is 19.8 Å². The molecule has 0 heterocycles. The predicted molar refractivity (Wildman–Crippen MR) is 75.8 cm³/mol. The molecule has 0 bridgehead atoms. The van der Waals surface area contributed by atoms with E-state index >= 15 is 0 Å². The van der Waals surface area contributed by atoms with Crippen LogP contribution in [0.4, 0.5) is 4.39 Å². The zero-order valence-electron chi connectivity index (χ0n) is 11.9. The number of rotatable bonds is 10. The van der Waals surface area contributed by atoms with E-state index < -0.39 is 6.10 Å². The highest BCUT2D eigenvalue weighted by Gasteiger charge is 2.09. The van der Waals surface area contributed by atoms with E-state index in [1.54, 1.807) is 18.2 Å². The molecule has 1 rings (SSSR count). The van der Waals surface area contributed by atoms with Gasteiger partial charge in [-0.25, -0.2) is 4.39 Å². The summed E-state index contributed by atoms with van der Waals surface area (Å²) in [7, 11) is 0. The summed E-state index contributed by atoms with van der Waals surface area (Å²) in [5.74, 6) is -0.297. The molecule has 0 spiro atoms. The maximum atomic E-state index is 13.3. The lowest BCUT2D eigenvalue weighted by molar-refractivity contribution is 0.0262. The highest BCUT2D eigenvalue weighted by atomic mass is 19.1. The van der Waals surface area contributed by atoms with Crippen molar-refractivity contribution in [1.29, 1.82) is 0 Å².